The molecule has 0 bridgehead atoms. The maximum atomic E-state index is 13.4. The smallest absolute Gasteiger partial charge is 0.261 e. The molecule has 1 N–H and O–H groups in total. The molecule has 10 heteroatoms. The van der Waals surface area contributed by atoms with Gasteiger partial charge in [0.15, 0.2) is 11.5 Å². The highest BCUT2D eigenvalue weighted by Gasteiger charge is 2.15. The standard InChI is InChI=1S/C22H15FN6O2S/c23-17-4-1-5-19(13-17)32(30,31)28-18-8-6-15(7-9-18)20-10-11-21-25-26-22(29(21)27-20)16-3-2-12-24-14-16/h1-14,28H. The topological polar surface area (TPSA) is 102 Å². The van der Waals surface area contributed by atoms with Crippen LogP contribution in [0.5, 0.6) is 0 Å². The van der Waals surface area contributed by atoms with Crippen LogP contribution in [0.25, 0.3) is 28.3 Å². The lowest BCUT2D eigenvalue weighted by Crippen LogP contribution is -2.13. The van der Waals surface area contributed by atoms with Gasteiger partial charge in [-0.3, -0.25) is 9.71 Å². The number of pyridine rings is 1. The summed E-state index contributed by atoms with van der Waals surface area (Å²) in [7, 11) is -3.90. The number of anilines is 1. The van der Waals surface area contributed by atoms with Crippen molar-refractivity contribution in [1.82, 2.24) is 24.8 Å². The van der Waals surface area contributed by atoms with E-state index in [-0.39, 0.29) is 4.90 Å². The Bertz CT molecular complexity index is 1520. The zero-order chi connectivity index (χ0) is 22.1. The third-order valence-electron chi connectivity index (χ3n) is 4.72. The number of hydrogen-bond acceptors (Lipinski definition) is 6. The summed E-state index contributed by atoms with van der Waals surface area (Å²) in [4.78, 5) is 3.96. The van der Waals surface area contributed by atoms with Crippen molar-refractivity contribution in [1.29, 1.82) is 0 Å². The number of fused-ring (bicyclic) bond motifs is 1. The lowest BCUT2D eigenvalue weighted by Gasteiger charge is -2.09. The fourth-order valence-electron chi connectivity index (χ4n) is 3.18. The number of aromatic nitrogens is 5. The van der Waals surface area contributed by atoms with Crippen LogP contribution in [0.15, 0.2) is 90.1 Å². The van der Waals surface area contributed by atoms with Gasteiger partial charge >= 0.3 is 0 Å². The van der Waals surface area contributed by atoms with Crippen LogP contribution in [-0.4, -0.2) is 33.2 Å². The first-order chi connectivity index (χ1) is 15.5. The molecule has 0 aliphatic heterocycles. The molecule has 3 heterocycles. The fraction of sp³-hybridized carbons (Fsp3) is 0. The van der Waals surface area contributed by atoms with E-state index in [1.165, 1.54) is 18.2 Å². The molecule has 0 atom stereocenters. The Labute approximate surface area is 182 Å². The van der Waals surface area contributed by atoms with Gasteiger partial charge in [0, 0.05) is 29.2 Å². The van der Waals surface area contributed by atoms with Crippen molar-refractivity contribution in [2.45, 2.75) is 4.90 Å². The second kappa shape index (κ2) is 7.82. The van der Waals surface area contributed by atoms with E-state index in [0.29, 0.717) is 22.9 Å². The number of halogens is 1. The number of nitrogens with one attached hydrogen (secondary N) is 1. The van der Waals surface area contributed by atoms with Gasteiger partial charge in [-0.25, -0.2) is 12.8 Å². The monoisotopic (exact) mass is 446 g/mol. The Hall–Kier alpha value is -4.18. The van der Waals surface area contributed by atoms with Crippen LogP contribution in [0.3, 0.4) is 0 Å². The van der Waals surface area contributed by atoms with Crippen LogP contribution in [0.2, 0.25) is 0 Å². The van der Waals surface area contributed by atoms with Crippen molar-refractivity contribution in [3.63, 3.8) is 0 Å². The first-order valence-electron chi connectivity index (χ1n) is 9.51. The van der Waals surface area contributed by atoms with Crippen molar-refractivity contribution in [3.8, 4) is 22.6 Å². The summed E-state index contributed by atoms with van der Waals surface area (Å²) in [5, 5.41) is 13.0. The molecular weight excluding hydrogens is 431 g/mol. The second-order valence-corrected chi connectivity index (χ2v) is 8.58. The van der Waals surface area contributed by atoms with Gasteiger partial charge in [-0.05, 0) is 54.6 Å². The van der Waals surface area contributed by atoms with Crippen LogP contribution < -0.4 is 4.72 Å². The third kappa shape index (κ3) is 3.79. The quantitative estimate of drug-likeness (QED) is 0.441. The zero-order valence-electron chi connectivity index (χ0n) is 16.4. The highest BCUT2D eigenvalue weighted by molar-refractivity contribution is 7.92. The summed E-state index contributed by atoms with van der Waals surface area (Å²) in [6, 6.07) is 18.8. The number of nitrogens with zero attached hydrogens (tertiary/aromatic N) is 5. The van der Waals surface area contributed by atoms with E-state index in [9.17, 15) is 12.8 Å². The average molecular weight is 446 g/mol. The molecule has 0 unspecified atom stereocenters. The van der Waals surface area contributed by atoms with Gasteiger partial charge in [0.05, 0.1) is 10.6 Å². The molecule has 3 aromatic heterocycles. The minimum atomic E-state index is -3.90. The largest absolute Gasteiger partial charge is 0.280 e. The average Bonchev–Trinajstić information content (AvgIpc) is 3.23. The van der Waals surface area contributed by atoms with E-state index < -0.39 is 15.8 Å². The molecule has 0 radical (unpaired) electrons. The molecule has 0 aliphatic rings. The Morgan fingerprint density at radius 3 is 2.47 bits per heavy atom. The van der Waals surface area contributed by atoms with Crippen molar-refractivity contribution >= 4 is 21.4 Å². The van der Waals surface area contributed by atoms with E-state index in [2.05, 4.69) is 25.0 Å². The molecule has 5 rings (SSSR count). The summed E-state index contributed by atoms with van der Waals surface area (Å²) < 4.78 is 42.4. The summed E-state index contributed by atoms with van der Waals surface area (Å²) >= 11 is 0. The molecule has 32 heavy (non-hydrogen) atoms. The van der Waals surface area contributed by atoms with Crippen LogP contribution in [-0.2, 0) is 10.0 Å². The first-order valence-corrected chi connectivity index (χ1v) is 11.0. The van der Waals surface area contributed by atoms with Gasteiger partial charge in [0.1, 0.15) is 5.82 Å². The predicted molar refractivity (Wildman–Crippen MR) is 117 cm³/mol. The first kappa shape index (κ1) is 19.8. The summed E-state index contributed by atoms with van der Waals surface area (Å²) in [6.07, 6.45) is 3.36. The van der Waals surface area contributed by atoms with Crippen LogP contribution >= 0.6 is 0 Å². The zero-order valence-corrected chi connectivity index (χ0v) is 17.2. The Morgan fingerprint density at radius 2 is 1.72 bits per heavy atom. The second-order valence-electron chi connectivity index (χ2n) is 6.89. The summed E-state index contributed by atoms with van der Waals surface area (Å²) in [5.74, 6) is -0.0567. The number of sulfonamides is 1. The highest BCUT2D eigenvalue weighted by atomic mass is 32.2. The van der Waals surface area contributed by atoms with Gasteiger partial charge in [0.2, 0.25) is 0 Å². The SMILES string of the molecule is O=S(=O)(Nc1ccc(-c2ccc3nnc(-c4cccnc4)n3n2)cc1)c1cccc(F)c1. The lowest BCUT2D eigenvalue weighted by molar-refractivity contribution is 0.595. The van der Waals surface area contributed by atoms with Crippen molar-refractivity contribution in [2.24, 2.45) is 0 Å². The Balaban J connectivity index is 1.44. The molecule has 8 nitrogen and oxygen atoms in total. The molecule has 2 aromatic carbocycles. The molecular formula is C22H15FN6O2S. The van der Waals surface area contributed by atoms with Gasteiger partial charge < -0.3 is 0 Å². The fourth-order valence-corrected chi connectivity index (χ4v) is 4.26. The van der Waals surface area contributed by atoms with Gasteiger partial charge in [0.25, 0.3) is 10.0 Å². The summed E-state index contributed by atoms with van der Waals surface area (Å²) in [6.45, 7) is 0. The van der Waals surface area contributed by atoms with Gasteiger partial charge in [-0.15, -0.1) is 10.2 Å². The number of hydrogen-bond donors (Lipinski definition) is 1. The van der Waals surface area contributed by atoms with Crippen molar-refractivity contribution in [3.05, 3.63) is 91.0 Å². The Kier molecular flexibility index (Phi) is 4.83. The lowest BCUT2D eigenvalue weighted by atomic mass is 10.1. The molecule has 0 aliphatic carbocycles. The molecule has 0 saturated heterocycles. The van der Waals surface area contributed by atoms with E-state index in [1.807, 2.05) is 18.2 Å². The molecule has 0 spiro atoms. The van der Waals surface area contributed by atoms with E-state index in [4.69, 9.17) is 0 Å². The molecule has 0 fully saturated rings. The highest BCUT2D eigenvalue weighted by Crippen LogP contribution is 2.23. The van der Waals surface area contributed by atoms with Crippen molar-refractivity contribution in [2.75, 3.05) is 4.72 Å². The normalized spacial score (nSPS) is 11.5. The summed E-state index contributed by atoms with van der Waals surface area (Å²) in [5.41, 5.74) is 3.15. The Morgan fingerprint density at radius 1 is 0.875 bits per heavy atom. The van der Waals surface area contributed by atoms with Gasteiger partial charge in [-0.2, -0.15) is 9.61 Å². The van der Waals surface area contributed by atoms with Crippen LogP contribution in [0, 0.1) is 5.82 Å². The van der Waals surface area contributed by atoms with Gasteiger partial charge in [-0.1, -0.05) is 18.2 Å². The third-order valence-corrected chi connectivity index (χ3v) is 6.10. The molecule has 158 valence electrons. The predicted octanol–water partition coefficient (Wildman–Crippen LogP) is 3.79. The number of benzene rings is 2. The number of rotatable bonds is 5. The van der Waals surface area contributed by atoms with Crippen LogP contribution in [0.1, 0.15) is 0 Å². The molecule has 5 aromatic rings. The molecule has 0 saturated carbocycles. The maximum Gasteiger partial charge on any atom is 0.261 e. The van der Waals surface area contributed by atoms with E-state index in [1.54, 1.807) is 47.2 Å². The minimum absolute atomic E-state index is 0.149. The maximum absolute atomic E-state index is 13.4. The van der Waals surface area contributed by atoms with E-state index in [0.717, 1.165) is 17.2 Å². The van der Waals surface area contributed by atoms with Crippen molar-refractivity contribution < 1.29 is 12.8 Å². The molecule has 0 amide bonds. The van der Waals surface area contributed by atoms with Crippen LogP contribution in [0.4, 0.5) is 10.1 Å². The van der Waals surface area contributed by atoms with E-state index >= 15 is 0 Å². The minimum Gasteiger partial charge on any atom is -0.280 e.